The van der Waals surface area contributed by atoms with Gasteiger partial charge in [-0.25, -0.2) is 0 Å². The van der Waals surface area contributed by atoms with E-state index in [4.69, 9.17) is 4.74 Å². The summed E-state index contributed by atoms with van der Waals surface area (Å²) in [6, 6.07) is 10.1. The average molecular weight is 330 g/mol. The molecule has 0 N–H and O–H groups in total. The van der Waals surface area contributed by atoms with Gasteiger partial charge in [-0.1, -0.05) is 44.4 Å². The molecular formula is C20H30N2O2. The van der Waals surface area contributed by atoms with Crippen LogP contribution in [0.5, 0.6) is 5.75 Å². The van der Waals surface area contributed by atoms with Gasteiger partial charge in [-0.3, -0.25) is 4.79 Å². The van der Waals surface area contributed by atoms with Gasteiger partial charge in [-0.05, 0) is 45.0 Å². The van der Waals surface area contributed by atoms with E-state index in [9.17, 15) is 4.79 Å². The van der Waals surface area contributed by atoms with E-state index in [1.807, 2.05) is 30.3 Å². The summed E-state index contributed by atoms with van der Waals surface area (Å²) in [5.74, 6) is 0.915. The fourth-order valence-corrected chi connectivity index (χ4v) is 4.36. The van der Waals surface area contributed by atoms with Crippen LogP contribution in [0.4, 0.5) is 0 Å². The molecule has 1 spiro atoms. The van der Waals surface area contributed by atoms with Crippen molar-refractivity contribution in [2.75, 3.05) is 26.7 Å². The summed E-state index contributed by atoms with van der Waals surface area (Å²) in [5, 5.41) is 0. The number of likely N-dealkylation sites (N-methyl/N-ethyl adjacent to an activating group) is 1. The van der Waals surface area contributed by atoms with Crippen LogP contribution >= 0.6 is 0 Å². The van der Waals surface area contributed by atoms with Crippen LogP contribution in [-0.2, 0) is 4.79 Å². The number of hydrogen-bond donors (Lipinski definition) is 0. The summed E-state index contributed by atoms with van der Waals surface area (Å²) in [7, 11) is 2.18. The Morgan fingerprint density at radius 1 is 1.25 bits per heavy atom. The molecule has 0 aromatic heterocycles. The quantitative estimate of drug-likeness (QED) is 0.830. The van der Waals surface area contributed by atoms with Crippen LogP contribution < -0.4 is 4.74 Å². The first kappa shape index (κ1) is 17.3. The topological polar surface area (TPSA) is 32.8 Å². The molecule has 1 heterocycles. The van der Waals surface area contributed by atoms with Gasteiger partial charge in [0.1, 0.15) is 5.75 Å². The molecule has 1 amide bonds. The Bertz CT molecular complexity index is 540. The van der Waals surface area contributed by atoms with E-state index in [1.54, 1.807) is 0 Å². The van der Waals surface area contributed by atoms with Gasteiger partial charge in [0.05, 0.1) is 0 Å². The number of amides is 1. The van der Waals surface area contributed by atoms with Gasteiger partial charge in [0.2, 0.25) is 0 Å². The van der Waals surface area contributed by atoms with Gasteiger partial charge in [-0.2, -0.15) is 0 Å². The number of para-hydroxylation sites is 1. The summed E-state index contributed by atoms with van der Waals surface area (Å²) >= 11 is 0. The zero-order chi connectivity index (χ0) is 17.0. The smallest absolute Gasteiger partial charge is 0.261 e. The average Bonchev–Trinajstić information content (AvgIpc) is 2.99. The monoisotopic (exact) mass is 330 g/mol. The minimum Gasteiger partial charge on any atom is -0.484 e. The maximum atomic E-state index is 12.9. The lowest BCUT2D eigenvalue weighted by atomic mass is 9.79. The molecule has 2 aliphatic rings. The summed E-state index contributed by atoms with van der Waals surface area (Å²) in [4.78, 5) is 17.5. The van der Waals surface area contributed by atoms with Crippen LogP contribution in [0, 0.1) is 0 Å². The van der Waals surface area contributed by atoms with Crippen molar-refractivity contribution < 1.29 is 9.53 Å². The van der Waals surface area contributed by atoms with E-state index >= 15 is 0 Å². The number of likely N-dealkylation sites (tertiary alicyclic amines) is 1. The lowest BCUT2D eigenvalue weighted by Crippen LogP contribution is -2.50. The molecule has 4 heteroatoms. The van der Waals surface area contributed by atoms with Crippen molar-refractivity contribution in [2.24, 2.45) is 0 Å². The summed E-state index contributed by atoms with van der Waals surface area (Å²) in [6.07, 6.45) is 7.21. The summed E-state index contributed by atoms with van der Waals surface area (Å²) in [5.41, 5.74) is 0.0729. The van der Waals surface area contributed by atoms with Crippen molar-refractivity contribution in [2.45, 2.75) is 57.0 Å². The normalized spacial score (nSPS) is 23.0. The van der Waals surface area contributed by atoms with E-state index in [1.165, 1.54) is 19.3 Å². The van der Waals surface area contributed by atoms with Gasteiger partial charge in [0.25, 0.3) is 5.91 Å². The zero-order valence-corrected chi connectivity index (χ0v) is 15.0. The molecule has 4 nitrogen and oxygen atoms in total. The maximum absolute atomic E-state index is 12.9. The zero-order valence-electron chi connectivity index (χ0n) is 15.0. The van der Waals surface area contributed by atoms with Gasteiger partial charge in [0, 0.05) is 18.1 Å². The molecule has 1 aromatic rings. The fourth-order valence-electron chi connectivity index (χ4n) is 4.36. The van der Waals surface area contributed by atoms with E-state index in [0.717, 1.165) is 38.1 Å². The second-order valence-corrected chi connectivity index (χ2v) is 7.32. The Kier molecular flexibility index (Phi) is 5.44. The van der Waals surface area contributed by atoms with Gasteiger partial charge < -0.3 is 14.5 Å². The molecule has 0 radical (unpaired) electrons. The van der Waals surface area contributed by atoms with Gasteiger partial charge in [-0.15, -0.1) is 0 Å². The highest BCUT2D eigenvalue weighted by Gasteiger charge is 2.48. The molecule has 24 heavy (non-hydrogen) atoms. The number of benzene rings is 1. The van der Waals surface area contributed by atoms with Crippen molar-refractivity contribution in [3.05, 3.63) is 30.3 Å². The Morgan fingerprint density at radius 3 is 2.62 bits per heavy atom. The number of rotatable bonds is 5. The third-order valence-electron chi connectivity index (χ3n) is 5.89. The standard InChI is InChI=1S/C20H30N2O2/c1-3-21(2)17-14-20(12-8-5-9-13-20)22(15-17)19(23)16-24-18-10-6-4-7-11-18/h4,6-7,10-11,17H,3,5,8-9,12-16H2,1-2H3/t17-/m0/s1. The SMILES string of the molecule is CCN(C)[C@@H]1CN(C(=O)COc2ccccc2)C2(CCCCC2)C1. The van der Waals surface area contributed by atoms with Crippen molar-refractivity contribution in [3.8, 4) is 5.75 Å². The third kappa shape index (κ3) is 3.59. The number of nitrogens with zero attached hydrogens (tertiary/aromatic N) is 2. The number of hydrogen-bond acceptors (Lipinski definition) is 3. The highest BCUT2D eigenvalue weighted by molar-refractivity contribution is 5.79. The van der Waals surface area contributed by atoms with E-state index in [2.05, 4.69) is 23.8 Å². The minimum atomic E-state index is 0.0729. The Labute approximate surface area is 145 Å². The van der Waals surface area contributed by atoms with Gasteiger partial charge in [0.15, 0.2) is 6.61 Å². The molecule has 1 saturated heterocycles. The van der Waals surface area contributed by atoms with Crippen molar-refractivity contribution >= 4 is 5.91 Å². The number of ether oxygens (including phenoxy) is 1. The van der Waals surface area contributed by atoms with Crippen LogP contribution in [0.3, 0.4) is 0 Å². The predicted molar refractivity (Wildman–Crippen MR) is 96.2 cm³/mol. The lowest BCUT2D eigenvalue weighted by Gasteiger charge is -2.41. The lowest BCUT2D eigenvalue weighted by molar-refractivity contribution is -0.138. The number of carbonyl (C=O) groups is 1. The van der Waals surface area contributed by atoms with Crippen LogP contribution in [0.15, 0.2) is 30.3 Å². The first-order valence-electron chi connectivity index (χ1n) is 9.33. The molecule has 0 bridgehead atoms. The first-order valence-corrected chi connectivity index (χ1v) is 9.33. The van der Waals surface area contributed by atoms with E-state index in [0.29, 0.717) is 6.04 Å². The molecule has 1 aromatic carbocycles. The Balaban J connectivity index is 1.69. The Morgan fingerprint density at radius 2 is 1.96 bits per heavy atom. The predicted octanol–water partition coefficient (Wildman–Crippen LogP) is 3.32. The van der Waals surface area contributed by atoms with Crippen LogP contribution in [0.1, 0.15) is 45.4 Å². The second kappa shape index (κ2) is 7.56. The first-order chi connectivity index (χ1) is 11.6. The molecule has 0 unspecified atom stereocenters. The molecule has 1 atom stereocenters. The molecule has 3 rings (SSSR count). The second-order valence-electron chi connectivity index (χ2n) is 7.32. The largest absolute Gasteiger partial charge is 0.484 e. The van der Waals surface area contributed by atoms with Crippen LogP contribution in [-0.4, -0.2) is 54.0 Å². The van der Waals surface area contributed by atoms with Crippen molar-refractivity contribution in [1.29, 1.82) is 0 Å². The summed E-state index contributed by atoms with van der Waals surface area (Å²) < 4.78 is 5.73. The molecular weight excluding hydrogens is 300 g/mol. The fraction of sp³-hybridized carbons (Fsp3) is 0.650. The van der Waals surface area contributed by atoms with Crippen molar-refractivity contribution in [3.63, 3.8) is 0 Å². The van der Waals surface area contributed by atoms with Crippen LogP contribution in [0.2, 0.25) is 0 Å². The van der Waals surface area contributed by atoms with E-state index in [-0.39, 0.29) is 18.1 Å². The highest BCUT2D eigenvalue weighted by atomic mass is 16.5. The third-order valence-corrected chi connectivity index (χ3v) is 5.89. The summed E-state index contributed by atoms with van der Waals surface area (Å²) in [6.45, 7) is 4.22. The maximum Gasteiger partial charge on any atom is 0.261 e. The molecule has 1 aliphatic carbocycles. The highest BCUT2D eigenvalue weighted by Crippen LogP contribution is 2.42. The molecule has 1 aliphatic heterocycles. The Hall–Kier alpha value is -1.55. The van der Waals surface area contributed by atoms with Gasteiger partial charge >= 0.3 is 0 Å². The number of carbonyl (C=O) groups excluding carboxylic acids is 1. The molecule has 1 saturated carbocycles. The molecule has 132 valence electrons. The van der Waals surface area contributed by atoms with Crippen molar-refractivity contribution in [1.82, 2.24) is 9.80 Å². The van der Waals surface area contributed by atoms with E-state index < -0.39 is 0 Å². The molecule has 2 fully saturated rings. The minimum absolute atomic E-state index is 0.0729. The van der Waals surface area contributed by atoms with Crippen LogP contribution in [0.25, 0.3) is 0 Å².